The van der Waals surface area contributed by atoms with Gasteiger partial charge in [0.1, 0.15) is 0 Å². The smallest absolute Gasteiger partial charge is 0.317 e. The summed E-state index contributed by atoms with van der Waals surface area (Å²) in [6.45, 7) is 1.32. The monoisotopic (exact) mass is 346 g/mol. The van der Waals surface area contributed by atoms with Crippen molar-refractivity contribution < 1.29 is 9.00 Å². The molecule has 1 saturated carbocycles. The van der Waals surface area contributed by atoms with Crippen molar-refractivity contribution in [1.82, 2.24) is 10.2 Å². The van der Waals surface area contributed by atoms with Crippen LogP contribution in [0.5, 0.6) is 0 Å². The van der Waals surface area contributed by atoms with Gasteiger partial charge in [0.15, 0.2) is 0 Å². The molecule has 2 unspecified atom stereocenters. The fourth-order valence-electron chi connectivity index (χ4n) is 3.51. The lowest BCUT2D eigenvalue weighted by molar-refractivity contribution is 0.196. The van der Waals surface area contributed by atoms with Crippen LogP contribution in [-0.4, -0.2) is 45.3 Å². The molecule has 1 aliphatic carbocycles. The van der Waals surface area contributed by atoms with E-state index in [9.17, 15) is 9.00 Å². The lowest BCUT2D eigenvalue weighted by Crippen LogP contribution is -2.53. The third-order valence-electron chi connectivity index (χ3n) is 5.31. The first-order valence-electron chi connectivity index (χ1n) is 8.72. The van der Waals surface area contributed by atoms with Crippen molar-refractivity contribution in [2.24, 2.45) is 0 Å². The number of likely N-dealkylation sites (tertiary alicyclic amines) is 1. The van der Waals surface area contributed by atoms with Crippen LogP contribution in [0.2, 0.25) is 0 Å². The van der Waals surface area contributed by atoms with Crippen LogP contribution in [0.3, 0.4) is 0 Å². The van der Waals surface area contributed by atoms with Crippen LogP contribution >= 0.6 is 0 Å². The molecule has 1 aromatic rings. The predicted octanol–water partition coefficient (Wildman–Crippen LogP) is 3.18. The van der Waals surface area contributed by atoms with E-state index in [-0.39, 0.29) is 16.8 Å². The predicted molar refractivity (Wildman–Crippen MR) is 99.3 cm³/mol. The van der Waals surface area contributed by atoms with E-state index in [1.54, 1.807) is 6.26 Å². The third kappa shape index (κ3) is 3.72. The molecule has 2 fully saturated rings. The molecule has 4 nitrogen and oxygen atoms in total. The Labute approximate surface area is 146 Å². The number of nitrogens with one attached hydrogen (secondary N) is 1. The first-order valence-corrected chi connectivity index (χ1v) is 10.3. The standard InChI is InChI=1S/C19H26N2O2S/c1-24(23)19(12-6-13-19)15-20-18(22)21-14-5-9-17(21)11-10-16-7-3-2-4-8-16/h2-4,7-8,10-11,17H,5-6,9,12-15H2,1H3,(H,20,22). The van der Waals surface area contributed by atoms with Gasteiger partial charge in [-0.1, -0.05) is 48.9 Å². The number of hydrogen-bond acceptors (Lipinski definition) is 2. The fraction of sp³-hybridized carbons (Fsp3) is 0.526. The van der Waals surface area contributed by atoms with Gasteiger partial charge in [0.2, 0.25) is 0 Å². The molecular weight excluding hydrogens is 320 g/mol. The van der Waals surface area contributed by atoms with Gasteiger partial charge in [0, 0.05) is 30.1 Å². The molecule has 0 radical (unpaired) electrons. The molecule has 1 aliphatic heterocycles. The maximum absolute atomic E-state index is 12.6. The molecule has 5 heteroatoms. The number of amides is 2. The van der Waals surface area contributed by atoms with Crippen LogP contribution in [0.15, 0.2) is 36.4 Å². The summed E-state index contributed by atoms with van der Waals surface area (Å²) >= 11 is 0. The van der Waals surface area contributed by atoms with E-state index in [2.05, 4.69) is 29.6 Å². The fourth-order valence-corrected chi connectivity index (χ4v) is 4.65. The zero-order valence-corrected chi connectivity index (χ0v) is 15.1. The first kappa shape index (κ1) is 17.2. The molecule has 0 aromatic heterocycles. The van der Waals surface area contributed by atoms with Crippen LogP contribution in [0, 0.1) is 0 Å². The van der Waals surface area contributed by atoms with Gasteiger partial charge >= 0.3 is 6.03 Å². The van der Waals surface area contributed by atoms with Gasteiger partial charge < -0.3 is 10.2 Å². The van der Waals surface area contributed by atoms with Gasteiger partial charge in [0.05, 0.1) is 10.8 Å². The molecule has 0 spiro atoms. The van der Waals surface area contributed by atoms with Gasteiger partial charge in [-0.05, 0) is 31.2 Å². The highest BCUT2D eigenvalue weighted by atomic mass is 32.2. The Morgan fingerprint density at radius 3 is 2.71 bits per heavy atom. The minimum atomic E-state index is -0.884. The largest absolute Gasteiger partial charge is 0.336 e. The van der Waals surface area contributed by atoms with E-state index in [4.69, 9.17) is 0 Å². The van der Waals surface area contributed by atoms with Crippen molar-refractivity contribution in [1.29, 1.82) is 0 Å². The number of benzene rings is 1. The van der Waals surface area contributed by atoms with E-state index in [1.807, 2.05) is 23.1 Å². The second kappa shape index (κ2) is 7.51. The highest BCUT2D eigenvalue weighted by molar-refractivity contribution is 7.85. The van der Waals surface area contributed by atoms with Crippen LogP contribution in [0.4, 0.5) is 4.79 Å². The summed E-state index contributed by atoms with van der Waals surface area (Å²) in [7, 11) is -0.884. The first-order chi connectivity index (χ1) is 11.6. The molecule has 2 atom stereocenters. The maximum Gasteiger partial charge on any atom is 0.317 e. The van der Waals surface area contributed by atoms with Gasteiger partial charge in [-0.15, -0.1) is 0 Å². The summed E-state index contributed by atoms with van der Waals surface area (Å²) in [5, 5.41) is 3.04. The van der Waals surface area contributed by atoms with E-state index in [0.29, 0.717) is 6.54 Å². The summed E-state index contributed by atoms with van der Waals surface area (Å²) in [5.74, 6) is 0. The minimum absolute atomic E-state index is 0.0214. The highest BCUT2D eigenvalue weighted by Crippen LogP contribution is 2.36. The summed E-state index contributed by atoms with van der Waals surface area (Å²) in [5.41, 5.74) is 1.15. The molecule has 1 heterocycles. The average molecular weight is 346 g/mol. The molecule has 1 aromatic carbocycles. The molecule has 130 valence electrons. The Bertz CT molecular complexity index is 626. The van der Waals surface area contributed by atoms with Gasteiger partial charge in [0.25, 0.3) is 0 Å². The van der Waals surface area contributed by atoms with Crippen molar-refractivity contribution in [3.63, 3.8) is 0 Å². The normalized spacial score (nSPS) is 23.9. The summed E-state index contributed by atoms with van der Waals surface area (Å²) in [6.07, 6.45) is 11.0. The minimum Gasteiger partial charge on any atom is -0.336 e. The maximum atomic E-state index is 12.6. The lowest BCUT2D eigenvalue weighted by Gasteiger charge is -2.40. The molecule has 2 amide bonds. The SMILES string of the molecule is CS(=O)C1(CNC(=O)N2CCCC2C=Cc2ccccc2)CCC1. The van der Waals surface area contributed by atoms with Crippen LogP contribution in [-0.2, 0) is 10.8 Å². The lowest BCUT2D eigenvalue weighted by atomic mass is 9.84. The number of carbonyl (C=O) groups is 1. The van der Waals surface area contributed by atoms with E-state index >= 15 is 0 Å². The third-order valence-corrected chi connectivity index (χ3v) is 7.08. The molecular formula is C19H26N2O2S. The van der Waals surface area contributed by atoms with Crippen molar-refractivity contribution in [3.05, 3.63) is 42.0 Å². The Hall–Kier alpha value is -1.62. The molecule has 0 bridgehead atoms. The van der Waals surface area contributed by atoms with Gasteiger partial charge in [-0.25, -0.2) is 4.79 Å². The van der Waals surface area contributed by atoms with Crippen molar-refractivity contribution in [2.75, 3.05) is 19.3 Å². The Kier molecular flexibility index (Phi) is 5.39. The number of urea groups is 1. The number of hydrogen-bond donors (Lipinski definition) is 1. The molecule has 2 aliphatic rings. The number of rotatable bonds is 5. The quantitative estimate of drug-likeness (QED) is 0.890. The van der Waals surface area contributed by atoms with E-state index in [0.717, 1.165) is 44.2 Å². The van der Waals surface area contributed by atoms with Crippen LogP contribution in [0.25, 0.3) is 6.08 Å². The topological polar surface area (TPSA) is 49.4 Å². The van der Waals surface area contributed by atoms with E-state index < -0.39 is 10.8 Å². The zero-order valence-electron chi connectivity index (χ0n) is 14.2. The Balaban J connectivity index is 1.57. The van der Waals surface area contributed by atoms with Gasteiger partial charge in [-0.3, -0.25) is 4.21 Å². The second-order valence-corrected chi connectivity index (χ2v) is 8.60. The summed E-state index contributed by atoms with van der Waals surface area (Å²) in [4.78, 5) is 14.5. The number of carbonyl (C=O) groups excluding carboxylic acids is 1. The molecule has 1 N–H and O–H groups in total. The van der Waals surface area contributed by atoms with Crippen molar-refractivity contribution >= 4 is 22.9 Å². The molecule has 3 rings (SSSR count). The molecule has 1 saturated heterocycles. The number of nitrogens with zero attached hydrogens (tertiary/aromatic N) is 1. The highest BCUT2D eigenvalue weighted by Gasteiger charge is 2.41. The summed E-state index contributed by atoms with van der Waals surface area (Å²) in [6, 6.07) is 10.3. The average Bonchev–Trinajstić information content (AvgIpc) is 3.01. The van der Waals surface area contributed by atoms with Gasteiger partial charge in [-0.2, -0.15) is 0 Å². The van der Waals surface area contributed by atoms with Crippen molar-refractivity contribution in [3.8, 4) is 0 Å². The van der Waals surface area contributed by atoms with Crippen LogP contribution < -0.4 is 5.32 Å². The van der Waals surface area contributed by atoms with Crippen LogP contribution in [0.1, 0.15) is 37.7 Å². The van der Waals surface area contributed by atoms with E-state index in [1.165, 1.54) is 0 Å². The second-order valence-electron chi connectivity index (χ2n) is 6.82. The summed E-state index contributed by atoms with van der Waals surface area (Å²) < 4.78 is 11.8. The zero-order chi connectivity index (χ0) is 17.0. The molecule has 24 heavy (non-hydrogen) atoms. The Morgan fingerprint density at radius 1 is 1.33 bits per heavy atom. The Morgan fingerprint density at radius 2 is 2.08 bits per heavy atom. The van der Waals surface area contributed by atoms with Crippen molar-refractivity contribution in [2.45, 2.75) is 42.9 Å².